The molecule has 0 aromatic heterocycles. The summed E-state index contributed by atoms with van der Waals surface area (Å²) in [5, 5.41) is 26.5. The largest absolute Gasteiger partial charge is 0.550 e. The fraction of sp³-hybridized carbons (Fsp3) is 0.150. The zero-order valence-corrected chi connectivity index (χ0v) is 17.2. The molecule has 0 aliphatic carbocycles. The van der Waals surface area contributed by atoms with Gasteiger partial charge in [-0.2, -0.15) is 0 Å². The Morgan fingerprint density at radius 3 is 2.50 bits per heavy atom. The SMILES string of the molecule is O=C([O-])CCCNC(=O)/C(=C/c1cccc([N+](=O)[O-])c1)NC(=O)c1cccc(Br)c1. The molecule has 0 fully saturated rings. The summed E-state index contributed by atoms with van der Waals surface area (Å²) in [7, 11) is 0. The van der Waals surface area contributed by atoms with E-state index in [9.17, 15) is 29.6 Å². The first-order valence-electron chi connectivity index (χ1n) is 8.77. The number of nitrogens with one attached hydrogen (secondary N) is 2. The molecule has 9 nitrogen and oxygen atoms in total. The van der Waals surface area contributed by atoms with Gasteiger partial charge in [-0.3, -0.25) is 19.7 Å². The number of hydrogen-bond acceptors (Lipinski definition) is 6. The van der Waals surface area contributed by atoms with E-state index in [0.29, 0.717) is 15.6 Å². The van der Waals surface area contributed by atoms with Crippen LogP contribution in [0.5, 0.6) is 0 Å². The van der Waals surface area contributed by atoms with Gasteiger partial charge < -0.3 is 20.5 Å². The predicted octanol–water partition coefficient (Wildman–Crippen LogP) is 1.77. The molecule has 2 N–H and O–H groups in total. The van der Waals surface area contributed by atoms with Gasteiger partial charge in [-0.15, -0.1) is 0 Å². The van der Waals surface area contributed by atoms with Gasteiger partial charge in [-0.1, -0.05) is 34.1 Å². The quantitative estimate of drug-likeness (QED) is 0.245. The number of nitrogens with zero attached hydrogens (tertiary/aromatic N) is 1. The molecule has 0 atom stereocenters. The number of nitro groups is 1. The molecule has 0 saturated carbocycles. The third-order valence-corrected chi connectivity index (χ3v) is 4.31. The van der Waals surface area contributed by atoms with E-state index in [0.717, 1.165) is 0 Å². The molecule has 0 radical (unpaired) electrons. The molecule has 2 amide bonds. The lowest BCUT2D eigenvalue weighted by Gasteiger charge is -2.12. The van der Waals surface area contributed by atoms with Gasteiger partial charge in [-0.05, 0) is 42.7 Å². The second kappa shape index (κ2) is 10.9. The maximum absolute atomic E-state index is 12.5. The maximum Gasteiger partial charge on any atom is 0.270 e. The average Bonchev–Trinajstić information content (AvgIpc) is 2.70. The van der Waals surface area contributed by atoms with E-state index in [1.165, 1.54) is 24.3 Å². The van der Waals surface area contributed by atoms with Gasteiger partial charge in [0.25, 0.3) is 17.5 Å². The summed E-state index contributed by atoms with van der Waals surface area (Å²) in [6.07, 6.45) is 1.23. The number of rotatable bonds is 9. The highest BCUT2D eigenvalue weighted by molar-refractivity contribution is 9.10. The zero-order valence-electron chi connectivity index (χ0n) is 15.6. The number of carbonyl (C=O) groups excluding carboxylic acids is 3. The minimum atomic E-state index is -1.24. The van der Waals surface area contributed by atoms with Gasteiger partial charge in [0, 0.05) is 34.7 Å². The standard InChI is InChI=1S/C20H18BrN3O6/c21-15-6-2-5-14(12-15)19(27)23-17(20(28)22-9-3-8-18(25)26)11-13-4-1-7-16(10-13)24(29)30/h1-2,4-7,10-12H,3,8-9H2,(H,22,28)(H,23,27)(H,25,26)/p-1/b17-11-. The van der Waals surface area contributed by atoms with E-state index >= 15 is 0 Å². The second-order valence-electron chi connectivity index (χ2n) is 6.11. The Hall–Kier alpha value is -3.53. The summed E-state index contributed by atoms with van der Waals surface area (Å²) in [6.45, 7) is 0.0475. The first kappa shape index (κ1) is 22.8. The topological polar surface area (TPSA) is 141 Å². The van der Waals surface area contributed by atoms with Gasteiger partial charge in [-0.25, -0.2) is 0 Å². The summed E-state index contributed by atoms with van der Waals surface area (Å²) in [6, 6.07) is 12.1. The first-order chi connectivity index (χ1) is 14.3. The third-order valence-electron chi connectivity index (χ3n) is 3.81. The Kier molecular flexibility index (Phi) is 8.24. The fourth-order valence-corrected chi connectivity index (χ4v) is 2.81. The molecule has 0 aliphatic heterocycles. The number of hydrogen-bond donors (Lipinski definition) is 2. The Morgan fingerprint density at radius 1 is 1.10 bits per heavy atom. The Labute approximate surface area is 180 Å². The lowest BCUT2D eigenvalue weighted by molar-refractivity contribution is -0.384. The predicted molar refractivity (Wildman–Crippen MR) is 110 cm³/mol. The monoisotopic (exact) mass is 474 g/mol. The molecule has 156 valence electrons. The van der Waals surface area contributed by atoms with Crippen LogP contribution in [0.25, 0.3) is 6.08 Å². The van der Waals surface area contributed by atoms with Crippen molar-refractivity contribution in [2.45, 2.75) is 12.8 Å². The highest BCUT2D eigenvalue weighted by Gasteiger charge is 2.15. The summed E-state index contributed by atoms with van der Waals surface area (Å²) in [5.74, 6) is -2.46. The van der Waals surface area contributed by atoms with Crippen molar-refractivity contribution in [1.82, 2.24) is 10.6 Å². The van der Waals surface area contributed by atoms with Crippen molar-refractivity contribution in [2.75, 3.05) is 6.54 Å². The van der Waals surface area contributed by atoms with E-state index < -0.39 is 22.7 Å². The smallest absolute Gasteiger partial charge is 0.270 e. The van der Waals surface area contributed by atoms with Crippen molar-refractivity contribution in [1.29, 1.82) is 0 Å². The molecule has 0 unspecified atom stereocenters. The lowest BCUT2D eigenvalue weighted by Crippen LogP contribution is -2.35. The second-order valence-corrected chi connectivity index (χ2v) is 7.02. The van der Waals surface area contributed by atoms with Crippen molar-refractivity contribution in [3.8, 4) is 0 Å². The van der Waals surface area contributed by atoms with Crippen LogP contribution in [-0.4, -0.2) is 29.3 Å². The van der Waals surface area contributed by atoms with E-state index in [4.69, 9.17) is 0 Å². The van der Waals surface area contributed by atoms with Crippen molar-refractivity contribution >= 4 is 45.5 Å². The number of halogens is 1. The van der Waals surface area contributed by atoms with Crippen molar-refractivity contribution in [2.24, 2.45) is 0 Å². The van der Waals surface area contributed by atoms with E-state index in [1.807, 2.05) is 0 Å². The van der Waals surface area contributed by atoms with E-state index in [2.05, 4.69) is 26.6 Å². The number of carboxylic acids is 1. The Morgan fingerprint density at radius 2 is 1.83 bits per heavy atom. The fourth-order valence-electron chi connectivity index (χ4n) is 2.41. The average molecular weight is 475 g/mol. The molecule has 10 heteroatoms. The minimum Gasteiger partial charge on any atom is -0.550 e. The van der Waals surface area contributed by atoms with Crippen LogP contribution in [0.2, 0.25) is 0 Å². The molecule has 0 bridgehead atoms. The summed E-state index contributed by atoms with van der Waals surface area (Å²) < 4.78 is 0.672. The number of carbonyl (C=O) groups is 3. The van der Waals surface area contributed by atoms with Crippen LogP contribution in [0.1, 0.15) is 28.8 Å². The summed E-state index contributed by atoms with van der Waals surface area (Å²) >= 11 is 3.26. The number of benzene rings is 2. The van der Waals surface area contributed by atoms with Gasteiger partial charge in [0.2, 0.25) is 0 Å². The summed E-state index contributed by atoms with van der Waals surface area (Å²) in [4.78, 5) is 46.0. The van der Waals surface area contributed by atoms with Crippen LogP contribution in [0.4, 0.5) is 5.69 Å². The van der Waals surface area contributed by atoms with Gasteiger partial charge in [0.15, 0.2) is 0 Å². The molecular weight excluding hydrogens is 458 g/mol. The highest BCUT2D eigenvalue weighted by Crippen LogP contribution is 2.16. The summed E-state index contributed by atoms with van der Waals surface area (Å²) in [5.41, 5.74) is 0.308. The maximum atomic E-state index is 12.5. The lowest BCUT2D eigenvalue weighted by atomic mass is 10.1. The van der Waals surface area contributed by atoms with Gasteiger partial charge >= 0.3 is 0 Å². The van der Waals surface area contributed by atoms with E-state index in [-0.39, 0.29) is 30.8 Å². The van der Waals surface area contributed by atoms with Crippen LogP contribution in [-0.2, 0) is 9.59 Å². The highest BCUT2D eigenvalue weighted by atomic mass is 79.9. The normalized spacial score (nSPS) is 10.9. The number of non-ortho nitro benzene ring substituents is 1. The van der Waals surface area contributed by atoms with E-state index in [1.54, 1.807) is 30.3 Å². The third kappa shape index (κ3) is 7.13. The Balaban J connectivity index is 2.26. The molecule has 2 aromatic carbocycles. The molecule has 0 saturated heterocycles. The Bertz CT molecular complexity index is 1010. The molecule has 0 heterocycles. The number of carboxylic acid groups (broad SMARTS) is 1. The molecule has 0 spiro atoms. The van der Waals surface area contributed by atoms with Gasteiger partial charge in [0.1, 0.15) is 5.70 Å². The molecule has 0 aliphatic rings. The first-order valence-corrected chi connectivity index (χ1v) is 9.56. The number of amides is 2. The van der Waals surface area contributed by atoms with Crippen LogP contribution in [0, 0.1) is 10.1 Å². The molecule has 30 heavy (non-hydrogen) atoms. The van der Waals surface area contributed by atoms with Crippen LogP contribution < -0.4 is 15.7 Å². The van der Waals surface area contributed by atoms with Crippen LogP contribution in [0.3, 0.4) is 0 Å². The van der Waals surface area contributed by atoms with Crippen LogP contribution >= 0.6 is 15.9 Å². The molecular formula is C20H17BrN3O6-. The molecule has 2 aromatic rings. The minimum absolute atomic E-state index is 0.0475. The van der Waals surface area contributed by atoms with Crippen LogP contribution in [0.15, 0.2) is 58.7 Å². The number of nitro benzene ring substituents is 1. The van der Waals surface area contributed by atoms with Crippen molar-refractivity contribution < 1.29 is 24.4 Å². The number of aliphatic carboxylic acids is 1. The van der Waals surface area contributed by atoms with Crippen molar-refractivity contribution in [3.63, 3.8) is 0 Å². The van der Waals surface area contributed by atoms with Gasteiger partial charge in [0.05, 0.1) is 4.92 Å². The zero-order chi connectivity index (χ0) is 22.1. The molecule has 2 rings (SSSR count). The van der Waals surface area contributed by atoms with Crippen molar-refractivity contribution in [3.05, 3.63) is 79.9 Å².